The van der Waals surface area contributed by atoms with Gasteiger partial charge in [0.1, 0.15) is 11.6 Å². The van der Waals surface area contributed by atoms with Gasteiger partial charge in [0.05, 0.1) is 29.4 Å². The SMILES string of the molecule is C[C@@H](OC[C@@]1(c2ccccc2)CC(NC(=O)OC(C)(C)C)C(=O)N1)c1cc(C(F)(F)F)cc(C(F)(F)F)c1. The molecule has 6 nitrogen and oxygen atoms in total. The fourth-order valence-corrected chi connectivity index (χ4v) is 4.08. The first-order valence-corrected chi connectivity index (χ1v) is 11.7. The monoisotopic (exact) mass is 546 g/mol. The van der Waals surface area contributed by atoms with Crippen LogP contribution >= 0.6 is 0 Å². The van der Waals surface area contributed by atoms with E-state index >= 15 is 0 Å². The van der Waals surface area contributed by atoms with E-state index in [-0.39, 0.29) is 24.7 Å². The van der Waals surface area contributed by atoms with Crippen LogP contribution in [0.3, 0.4) is 0 Å². The van der Waals surface area contributed by atoms with Crippen molar-refractivity contribution in [1.82, 2.24) is 10.6 Å². The van der Waals surface area contributed by atoms with Gasteiger partial charge in [-0.15, -0.1) is 0 Å². The molecule has 0 spiro atoms. The van der Waals surface area contributed by atoms with Gasteiger partial charge < -0.3 is 20.1 Å². The minimum Gasteiger partial charge on any atom is -0.444 e. The molecule has 1 aliphatic rings. The first-order valence-electron chi connectivity index (χ1n) is 11.7. The van der Waals surface area contributed by atoms with Crippen LogP contribution < -0.4 is 10.6 Å². The topological polar surface area (TPSA) is 76.7 Å². The van der Waals surface area contributed by atoms with Crippen molar-refractivity contribution in [2.24, 2.45) is 0 Å². The van der Waals surface area contributed by atoms with Gasteiger partial charge >= 0.3 is 18.4 Å². The number of hydrogen-bond acceptors (Lipinski definition) is 4. The molecule has 1 saturated heterocycles. The van der Waals surface area contributed by atoms with Crippen molar-refractivity contribution >= 4 is 12.0 Å². The second kappa shape index (κ2) is 10.5. The third-order valence-electron chi connectivity index (χ3n) is 5.91. The molecule has 3 atom stereocenters. The Balaban J connectivity index is 1.87. The zero-order chi connectivity index (χ0) is 28.5. The minimum atomic E-state index is -5.00. The highest BCUT2D eigenvalue weighted by Crippen LogP contribution is 2.39. The second-order valence-electron chi connectivity index (χ2n) is 10.1. The summed E-state index contributed by atoms with van der Waals surface area (Å²) in [6.45, 7) is 5.99. The van der Waals surface area contributed by atoms with E-state index in [0.717, 1.165) is 0 Å². The third kappa shape index (κ3) is 7.18. The highest BCUT2D eigenvalue weighted by Gasteiger charge is 2.47. The third-order valence-corrected chi connectivity index (χ3v) is 5.91. The summed E-state index contributed by atoms with van der Waals surface area (Å²) in [5.74, 6) is -0.547. The number of carbonyl (C=O) groups excluding carboxylic acids is 2. The molecule has 0 saturated carbocycles. The van der Waals surface area contributed by atoms with Gasteiger partial charge in [-0.25, -0.2) is 4.79 Å². The van der Waals surface area contributed by atoms with Crippen molar-refractivity contribution in [2.45, 2.75) is 69.8 Å². The van der Waals surface area contributed by atoms with E-state index in [2.05, 4.69) is 10.6 Å². The van der Waals surface area contributed by atoms with E-state index in [1.165, 1.54) is 6.92 Å². The molecular formula is C26H28F6N2O4. The number of carbonyl (C=O) groups is 2. The lowest BCUT2D eigenvalue weighted by Gasteiger charge is -2.31. The summed E-state index contributed by atoms with van der Waals surface area (Å²) in [6, 6.07) is 8.75. The maximum atomic E-state index is 13.3. The summed E-state index contributed by atoms with van der Waals surface area (Å²) in [6.07, 6.45) is -12.0. The smallest absolute Gasteiger partial charge is 0.416 e. The second-order valence-corrected chi connectivity index (χ2v) is 10.1. The van der Waals surface area contributed by atoms with Gasteiger partial charge in [-0.05, 0) is 57.0 Å². The summed E-state index contributed by atoms with van der Waals surface area (Å²) in [5.41, 5.74) is -4.69. The van der Waals surface area contributed by atoms with E-state index < -0.39 is 58.8 Å². The van der Waals surface area contributed by atoms with Crippen LogP contribution in [-0.4, -0.2) is 30.3 Å². The lowest BCUT2D eigenvalue weighted by Crippen LogP contribution is -2.44. The van der Waals surface area contributed by atoms with Gasteiger partial charge in [-0.3, -0.25) is 4.79 Å². The molecular weight excluding hydrogens is 518 g/mol. The summed E-state index contributed by atoms with van der Waals surface area (Å²) >= 11 is 0. The Morgan fingerprint density at radius 1 is 1.03 bits per heavy atom. The molecule has 3 rings (SSSR count). The fraction of sp³-hybridized carbons (Fsp3) is 0.462. The van der Waals surface area contributed by atoms with Gasteiger partial charge in [-0.2, -0.15) is 26.3 Å². The maximum absolute atomic E-state index is 13.3. The quantitative estimate of drug-likeness (QED) is 0.429. The van der Waals surface area contributed by atoms with E-state index in [1.54, 1.807) is 51.1 Å². The van der Waals surface area contributed by atoms with Gasteiger partial charge in [0.2, 0.25) is 5.91 Å². The van der Waals surface area contributed by atoms with Crippen LogP contribution in [0.2, 0.25) is 0 Å². The maximum Gasteiger partial charge on any atom is 0.416 e. The van der Waals surface area contributed by atoms with Crippen molar-refractivity contribution < 1.29 is 45.4 Å². The molecule has 0 aliphatic carbocycles. The van der Waals surface area contributed by atoms with Crippen LogP contribution in [-0.2, 0) is 32.2 Å². The number of benzene rings is 2. The molecule has 208 valence electrons. The Bertz CT molecular complexity index is 1130. The van der Waals surface area contributed by atoms with Crippen LogP contribution in [0.15, 0.2) is 48.5 Å². The predicted molar refractivity (Wildman–Crippen MR) is 125 cm³/mol. The van der Waals surface area contributed by atoms with Gasteiger partial charge in [0, 0.05) is 6.42 Å². The van der Waals surface area contributed by atoms with Gasteiger partial charge in [0.15, 0.2) is 0 Å². The van der Waals surface area contributed by atoms with E-state index in [4.69, 9.17) is 9.47 Å². The lowest BCUT2D eigenvalue weighted by atomic mass is 9.88. The van der Waals surface area contributed by atoms with Crippen molar-refractivity contribution in [3.05, 3.63) is 70.8 Å². The Morgan fingerprint density at radius 3 is 2.08 bits per heavy atom. The molecule has 12 heteroatoms. The Labute approximate surface area is 215 Å². The summed E-state index contributed by atoms with van der Waals surface area (Å²) in [5, 5.41) is 5.28. The number of halogens is 6. The number of alkyl carbamates (subject to hydrolysis) is 1. The highest BCUT2D eigenvalue weighted by atomic mass is 19.4. The predicted octanol–water partition coefficient (Wildman–Crippen LogP) is 6.11. The van der Waals surface area contributed by atoms with Crippen molar-refractivity contribution in [2.75, 3.05) is 6.61 Å². The lowest BCUT2D eigenvalue weighted by molar-refractivity contribution is -0.143. The van der Waals surface area contributed by atoms with Crippen LogP contribution in [0.4, 0.5) is 31.1 Å². The molecule has 2 amide bonds. The van der Waals surface area contributed by atoms with Crippen molar-refractivity contribution in [1.29, 1.82) is 0 Å². The van der Waals surface area contributed by atoms with Crippen LogP contribution in [0.5, 0.6) is 0 Å². The van der Waals surface area contributed by atoms with Gasteiger partial charge in [0.25, 0.3) is 0 Å². The zero-order valence-corrected chi connectivity index (χ0v) is 21.1. The van der Waals surface area contributed by atoms with Crippen molar-refractivity contribution in [3.8, 4) is 0 Å². The molecule has 0 bridgehead atoms. The molecule has 2 N–H and O–H groups in total. The first kappa shape index (κ1) is 29.3. The van der Waals surface area contributed by atoms with Crippen LogP contribution in [0, 0.1) is 0 Å². The fourth-order valence-electron chi connectivity index (χ4n) is 4.08. The number of amides is 2. The molecule has 2 aromatic rings. The summed E-state index contributed by atoms with van der Waals surface area (Å²) < 4.78 is 90.8. The number of ether oxygens (including phenoxy) is 2. The normalized spacial score (nSPS) is 21.1. The van der Waals surface area contributed by atoms with Crippen molar-refractivity contribution in [3.63, 3.8) is 0 Å². The largest absolute Gasteiger partial charge is 0.444 e. The molecule has 0 radical (unpaired) electrons. The number of hydrogen-bond donors (Lipinski definition) is 2. The highest BCUT2D eigenvalue weighted by molar-refractivity contribution is 5.89. The first-order chi connectivity index (χ1) is 17.4. The molecule has 38 heavy (non-hydrogen) atoms. The van der Waals surface area contributed by atoms with Gasteiger partial charge in [-0.1, -0.05) is 30.3 Å². The van der Waals surface area contributed by atoms with Crippen LogP contribution in [0.25, 0.3) is 0 Å². The summed E-state index contributed by atoms with van der Waals surface area (Å²) in [7, 11) is 0. The molecule has 0 aromatic heterocycles. The Kier molecular flexibility index (Phi) is 8.07. The molecule has 1 aliphatic heterocycles. The Hall–Kier alpha value is -3.28. The summed E-state index contributed by atoms with van der Waals surface area (Å²) in [4.78, 5) is 25.1. The zero-order valence-electron chi connectivity index (χ0n) is 21.1. The minimum absolute atomic E-state index is 0.00178. The number of nitrogens with one attached hydrogen (secondary N) is 2. The number of alkyl halides is 6. The molecule has 1 heterocycles. The molecule has 1 fully saturated rings. The number of rotatable bonds is 6. The average Bonchev–Trinajstić information content (AvgIpc) is 3.11. The van der Waals surface area contributed by atoms with E-state index in [0.29, 0.717) is 17.7 Å². The van der Waals surface area contributed by atoms with E-state index in [9.17, 15) is 35.9 Å². The van der Waals surface area contributed by atoms with Crippen LogP contribution in [0.1, 0.15) is 62.5 Å². The molecule has 2 aromatic carbocycles. The molecule has 1 unspecified atom stereocenters. The standard InChI is InChI=1S/C26H28F6N2O4/c1-15(16-10-18(25(27,28)29)12-19(11-16)26(30,31)32)37-14-24(17-8-6-5-7-9-17)13-20(21(35)34-24)33-22(36)38-23(2,3)4/h5-12,15,20H,13-14H2,1-4H3,(H,33,36)(H,34,35)/t15-,20?,24-/m1/s1. The van der Waals surface area contributed by atoms with E-state index in [1.807, 2.05) is 0 Å². The average molecular weight is 547 g/mol. The Morgan fingerprint density at radius 2 is 1.58 bits per heavy atom.